The molecule has 5 heteroatoms. The van der Waals surface area contributed by atoms with Crippen molar-refractivity contribution in [2.75, 3.05) is 0 Å². The van der Waals surface area contributed by atoms with E-state index < -0.39 is 32.3 Å². The standard InChI is InChI=1S/C17H36OSi4/c1-19(2,3)14-13(18)15(20(4,5)6)17(22(10,11)12)16(14)21(7,8)9/h1-12H3. The van der Waals surface area contributed by atoms with E-state index in [1.54, 1.807) is 10.4 Å². The number of ketones is 1. The van der Waals surface area contributed by atoms with Crippen molar-refractivity contribution in [3.63, 3.8) is 0 Å². The molecule has 0 spiro atoms. The molecule has 0 unspecified atom stereocenters. The second-order valence-corrected chi connectivity index (χ2v) is 30.8. The summed E-state index contributed by atoms with van der Waals surface area (Å²) < 4.78 is 0. The molecule has 1 aliphatic carbocycles. The van der Waals surface area contributed by atoms with Crippen LogP contribution in [0.15, 0.2) is 20.8 Å². The van der Waals surface area contributed by atoms with Crippen LogP contribution in [0.5, 0.6) is 0 Å². The first-order valence-electron chi connectivity index (χ1n) is 8.45. The van der Waals surface area contributed by atoms with Crippen molar-refractivity contribution in [2.45, 2.75) is 78.6 Å². The van der Waals surface area contributed by atoms with Crippen LogP contribution in [-0.4, -0.2) is 38.1 Å². The van der Waals surface area contributed by atoms with Gasteiger partial charge in [-0.15, -0.1) is 0 Å². The van der Waals surface area contributed by atoms with Crippen molar-refractivity contribution < 1.29 is 4.79 Å². The van der Waals surface area contributed by atoms with Gasteiger partial charge in [-0.2, -0.15) is 0 Å². The van der Waals surface area contributed by atoms with Crippen LogP contribution < -0.4 is 0 Å². The van der Waals surface area contributed by atoms with Crippen molar-refractivity contribution in [3.8, 4) is 0 Å². The molecule has 22 heavy (non-hydrogen) atoms. The summed E-state index contributed by atoms with van der Waals surface area (Å²) in [5.74, 6) is 0.466. The Morgan fingerprint density at radius 1 is 0.409 bits per heavy atom. The molecular weight excluding hydrogens is 333 g/mol. The first kappa shape index (κ1) is 20.1. The van der Waals surface area contributed by atoms with Gasteiger partial charge in [0.15, 0.2) is 5.78 Å². The number of hydrogen-bond acceptors (Lipinski definition) is 1. The molecule has 1 rings (SSSR count). The van der Waals surface area contributed by atoms with Gasteiger partial charge in [0.2, 0.25) is 0 Å². The van der Waals surface area contributed by atoms with E-state index in [9.17, 15) is 4.79 Å². The lowest BCUT2D eigenvalue weighted by atomic mass is 10.4. The largest absolute Gasteiger partial charge is 0.290 e. The third-order valence-electron chi connectivity index (χ3n) is 4.20. The van der Waals surface area contributed by atoms with Gasteiger partial charge in [0.25, 0.3) is 0 Å². The molecule has 0 fully saturated rings. The molecule has 0 atom stereocenters. The van der Waals surface area contributed by atoms with E-state index in [0.717, 1.165) is 0 Å². The van der Waals surface area contributed by atoms with Gasteiger partial charge in [0, 0.05) is 0 Å². The molecule has 126 valence electrons. The highest BCUT2D eigenvalue weighted by Gasteiger charge is 2.48. The van der Waals surface area contributed by atoms with Gasteiger partial charge in [-0.3, -0.25) is 4.79 Å². The monoisotopic (exact) mass is 368 g/mol. The van der Waals surface area contributed by atoms with Crippen LogP contribution in [0.3, 0.4) is 0 Å². The molecule has 0 aromatic rings. The zero-order chi connectivity index (χ0) is 17.9. The molecule has 0 aromatic carbocycles. The van der Waals surface area contributed by atoms with E-state index in [1.807, 2.05) is 0 Å². The molecule has 0 heterocycles. The van der Waals surface area contributed by atoms with E-state index in [-0.39, 0.29) is 0 Å². The van der Waals surface area contributed by atoms with Crippen LogP contribution >= 0.6 is 0 Å². The maximum absolute atomic E-state index is 13.5. The van der Waals surface area contributed by atoms with E-state index in [2.05, 4.69) is 78.6 Å². The SMILES string of the molecule is C[Si](C)(C)C1=C([Si](C)(C)C)C([Si](C)(C)C)=C([Si](C)(C)C)C1=O. The van der Waals surface area contributed by atoms with Gasteiger partial charge in [-0.05, 0) is 10.4 Å². The molecular formula is C17H36OSi4. The fourth-order valence-corrected chi connectivity index (χ4v) is 17.5. The number of rotatable bonds is 4. The summed E-state index contributed by atoms with van der Waals surface area (Å²) in [6.45, 7) is 28.7. The van der Waals surface area contributed by atoms with Crippen molar-refractivity contribution in [1.82, 2.24) is 0 Å². The van der Waals surface area contributed by atoms with Crippen molar-refractivity contribution in [1.29, 1.82) is 0 Å². The van der Waals surface area contributed by atoms with Crippen LogP contribution in [0, 0.1) is 0 Å². The highest BCUT2D eigenvalue weighted by atomic mass is 28.3. The maximum Gasteiger partial charge on any atom is 0.176 e. The molecule has 0 saturated heterocycles. The quantitative estimate of drug-likeness (QED) is 0.584. The Bertz CT molecular complexity index is 505. The average molecular weight is 369 g/mol. The first-order chi connectivity index (χ1) is 9.40. The van der Waals surface area contributed by atoms with Crippen molar-refractivity contribution in [3.05, 3.63) is 20.8 Å². The Kier molecular flexibility index (Phi) is 5.04. The summed E-state index contributed by atoms with van der Waals surface area (Å²) in [6.07, 6.45) is 0. The highest BCUT2D eigenvalue weighted by Crippen LogP contribution is 2.46. The maximum atomic E-state index is 13.5. The summed E-state index contributed by atoms with van der Waals surface area (Å²) in [5, 5.41) is 5.74. The predicted molar refractivity (Wildman–Crippen MR) is 112 cm³/mol. The van der Waals surface area contributed by atoms with Gasteiger partial charge in [-0.25, -0.2) is 0 Å². The Morgan fingerprint density at radius 2 is 0.591 bits per heavy atom. The highest BCUT2D eigenvalue weighted by molar-refractivity contribution is 7.02. The fraction of sp³-hybridized carbons (Fsp3) is 0.706. The van der Waals surface area contributed by atoms with E-state index >= 15 is 0 Å². The van der Waals surface area contributed by atoms with Gasteiger partial charge in [0.1, 0.15) is 0 Å². The van der Waals surface area contributed by atoms with Crippen LogP contribution in [0.1, 0.15) is 0 Å². The summed E-state index contributed by atoms with van der Waals surface area (Å²) in [4.78, 5) is 13.5. The number of hydrogen-bond donors (Lipinski definition) is 0. The third-order valence-corrected chi connectivity index (χ3v) is 12.9. The van der Waals surface area contributed by atoms with Crippen LogP contribution in [0.4, 0.5) is 0 Å². The van der Waals surface area contributed by atoms with E-state index in [4.69, 9.17) is 0 Å². The lowest BCUT2D eigenvalue weighted by Gasteiger charge is -2.33. The van der Waals surface area contributed by atoms with Crippen molar-refractivity contribution >= 4 is 38.1 Å². The summed E-state index contributed by atoms with van der Waals surface area (Å²) in [7, 11) is -6.35. The van der Waals surface area contributed by atoms with Crippen LogP contribution in [-0.2, 0) is 4.79 Å². The second-order valence-electron chi connectivity index (χ2n) is 10.8. The zero-order valence-electron chi connectivity index (χ0n) is 16.9. The minimum Gasteiger partial charge on any atom is -0.290 e. The summed E-state index contributed by atoms with van der Waals surface area (Å²) in [6, 6.07) is 0. The number of Topliss-reactive ketones (excluding diaryl/α,β-unsaturated/α-hetero) is 1. The Morgan fingerprint density at radius 3 is 0.727 bits per heavy atom. The number of allylic oxidation sites excluding steroid dienone is 4. The van der Waals surface area contributed by atoms with Gasteiger partial charge in [0.05, 0.1) is 32.3 Å². The molecule has 0 N–H and O–H groups in total. The molecule has 0 aliphatic heterocycles. The van der Waals surface area contributed by atoms with Crippen molar-refractivity contribution in [2.24, 2.45) is 0 Å². The topological polar surface area (TPSA) is 17.1 Å². The minimum atomic E-state index is -1.63. The van der Waals surface area contributed by atoms with Gasteiger partial charge in [-0.1, -0.05) is 89.0 Å². The van der Waals surface area contributed by atoms with Crippen LogP contribution in [0.2, 0.25) is 78.6 Å². The zero-order valence-corrected chi connectivity index (χ0v) is 20.9. The normalized spacial score (nSPS) is 18.6. The van der Waals surface area contributed by atoms with Gasteiger partial charge < -0.3 is 0 Å². The number of carbonyl (C=O) groups excluding carboxylic acids is 1. The average Bonchev–Trinajstić information content (AvgIpc) is 2.48. The first-order valence-corrected chi connectivity index (χ1v) is 22.5. The minimum absolute atomic E-state index is 0.466. The Labute approximate surface area is 142 Å². The molecule has 0 bridgehead atoms. The van der Waals surface area contributed by atoms with Crippen LogP contribution in [0.25, 0.3) is 0 Å². The van der Waals surface area contributed by atoms with Gasteiger partial charge >= 0.3 is 0 Å². The molecule has 1 aliphatic rings. The van der Waals surface area contributed by atoms with E-state index in [0.29, 0.717) is 5.78 Å². The summed E-state index contributed by atoms with van der Waals surface area (Å²) >= 11 is 0. The molecule has 0 saturated carbocycles. The molecule has 0 aromatic heterocycles. The summed E-state index contributed by atoms with van der Waals surface area (Å²) in [5.41, 5.74) is 0. The third kappa shape index (κ3) is 3.74. The lowest BCUT2D eigenvalue weighted by Crippen LogP contribution is -2.38. The second kappa shape index (κ2) is 5.53. The van der Waals surface area contributed by atoms with E-state index in [1.165, 1.54) is 10.4 Å². The molecule has 0 amide bonds. The Hall–Kier alpha value is 0.0175. The smallest absolute Gasteiger partial charge is 0.176 e. The molecule has 0 radical (unpaired) electrons. The number of carbonyl (C=O) groups is 1. The fourth-order valence-electron chi connectivity index (χ4n) is 3.53. The predicted octanol–water partition coefficient (Wildman–Crippen LogP) is 5.67. The molecule has 1 nitrogen and oxygen atoms in total. The Balaban J connectivity index is 3.94. The lowest BCUT2D eigenvalue weighted by molar-refractivity contribution is -0.111.